The minimum Gasteiger partial charge on any atom is -0.463 e. The fourth-order valence-corrected chi connectivity index (χ4v) is 2.78. The van der Waals surface area contributed by atoms with E-state index < -0.39 is 5.60 Å². The molecule has 0 aromatic carbocycles. The highest BCUT2D eigenvalue weighted by molar-refractivity contribution is 5.87. The summed E-state index contributed by atoms with van der Waals surface area (Å²) in [4.78, 5) is 25.5. The Hall–Kier alpha value is -1.52. The lowest BCUT2D eigenvalue weighted by atomic mass is 9.84. The Morgan fingerprint density at radius 3 is 2.30 bits per heavy atom. The van der Waals surface area contributed by atoms with Gasteiger partial charge in [0.2, 0.25) is 0 Å². The summed E-state index contributed by atoms with van der Waals surface area (Å²) >= 11 is 0. The number of amides is 1. The van der Waals surface area contributed by atoms with Crippen LogP contribution >= 0.6 is 0 Å². The number of hydrogen-bond acceptors (Lipinski definition) is 4. The highest BCUT2D eigenvalue weighted by Crippen LogP contribution is 2.27. The molecule has 132 valence electrons. The summed E-state index contributed by atoms with van der Waals surface area (Å²) in [7, 11) is 0. The standard InChI is InChI=1S/C18H31NO4/c1-7-22-16(20)14(3)12-13(2)15-8-10-19(11-9-15)17(21)23-18(4,5)6/h12-13,15H,7-11H2,1-6H3. The summed E-state index contributed by atoms with van der Waals surface area (Å²) in [6.07, 6.45) is 3.60. The number of rotatable bonds is 4. The van der Waals surface area contributed by atoms with Crippen LogP contribution in [0.4, 0.5) is 4.79 Å². The molecule has 1 aliphatic heterocycles. The van der Waals surface area contributed by atoms with Gasteiger partial charge in [-0.3, -0.25) is 0 Å². The number of nitrogens with zero attached hydrogens (tertiary/aromatic N) is 1. The van der Waals surface area contributed by atoms with Crippen LogP contribution in [0.25, 0.3) is 0 Å². The van der Waals surface area contributed by atoms with E-state index in [0.717, 1.165) is 12.8 Å². The summed E-state index contributed by atoms with van der Waals surface area (Å²) < 4.78 is 10.4. The van der Waals surface area contributed by atoms with Gasteiger partial charge in [0.1, 0.15) is 5.60 Å². The van der Waals surface area contributed by atoms with Gasteiger partial charge in [0.15, 0.2) is 0 Å². The van der Waals surface area contributed by atoms with E-state index in [4.69, 9.17) is 9.47 Å². The van der Waals surface area contributed by atoms with Gasteiger partial charge >= 0.3 is 12.1 Å². The predicted octanol–water partition coefficient (Wildman–Crippen LogP) is 3.78. The molecular weight excluding hydrogens is 294 g/mol. The minimum absolute atomic E-state index is 0.234. The maximum Gasteiger partial charge on any atom is 0.410 e. The van der Waals surface area contributed by atoms with Crippen LogP contribution in [0.5, 0.6) is 0 Å². The van der Waals surface area contributed by atoms with Crippen LogP contribution in [-0.2, 0) is 14.3 Å². The summed E-state index contributed by atoms with van der Waals surface area (Å²) in [6.45, 7) is 13.2. The average Bonchev–Trinajstić information content (AvgIpc) is 2.45. The van der Waals surface area contributed by atoms with Crippen LogP contribution in [0.1, 0.15) is 54.4 Å². The van der Waals surface area contributed by atoms with Gasteiger partial charge in [-0.1, -0.05) is 13.0 Å². The van der Waals surface area contributed by atoms with E-state index in [1.165, 1.54) is 0 Å². The molecule has 0 spiro atoms. The summed E-state index contributed by atoms with van der Waals surface area (Å²) in [5.41, 5.74) is 0.203. The second kappa shape index (κ2) is 8.37. The number of piperidine rings is 1. The smallest absolute Gasteiger partial charge is 0.410 e. The molecule has 1 aliphatic rings. The minimum atomic E-state index is -0.458. The number of likely N-dealkylation sites (tertiary alicyclic amines) is 1. The topological polar surface area (TPSA) is 55.8 Å². The Morgan fingerprint density at radius 1 is 1.26 bits per heavy atom. The lowest BCUT2D eigenvalue weighted by Crippen LogP contribution is -2.42. The van der Waals surface area contributed by atoms with E-state index in [-0.39, 0.29) is 12.1 Å². The highest BCUT2D eigenvalue weighted by Gasteiger charge is 2.28. The highest BCUT2D eigenvalue weighted by atomic mass is 16.6. The van der Waals surface area contributed by atoms with Crippen molar-refractivity contribution in [2.24, 2.45) is 11.8 Å². The van der Waals surface area contributed by atoms with Crippen LogP contribution in [0.15, 0.2) is 11.6 Å². The molecule has 1 heterocycles. The van der Waals surface area contributed by atoms with Gasteiger partial charge < -0.3 is 14.4 Å². The third-order valence-electron chi connectivity index (χ3n) is 4.05. The summed E-state index contributed by atoms with van der Waals surface area (Å²) in [5, 5.41) is 0. The maximum absolute atomic E-state index is 12.1. The molecule has 1 rings (SSSR count). The zero-order chi connectivity index (χ0) is 17.6. The third kappa shape index (κ3) is 6.63. The van der Waals surface area contributed by atoms with Crippen LogP contribution in [0, 0.1) is 11.8 Å². The molecule has 5 heteroatoms. The van der Waals surface area contributed by atoms with Crippen molar-refractivity contribution in [3.8, 4) is 0 Å². The van der Waals surface area contributed by atoms with Gasteiger partial charge in [0.25, 0.3) is 0 Å². The second-order valence-corrected chi connectivity index (χ2v) is 7.23. The largest absolute Gasteiger partial charge is 0.463 e. The van der Waals surface area contributed by atoms with Gasteiger partial charge in [0, 0.05) is 18.7 Å². The lowest BCUT2D eigenvalue weighted by molar-refractivity contribution is -0.138. The summed E-state index contributed by atoms with van der Waals surface area (Å²) in [6, 6.07) is 0. The first-order valence-electron chi connectivity index (χ1n) is 8.47. The second-order valence-electron chi connectivity index (χ2n) is 7.23. The van der Waals surface area contributed by atoms with E-state index in [0.29, 0.717) is 37.1 Å². The van der Waals surface area contributed by atoms with Crippen molar-refractivity contribution in [1.29, 1.82) is 0 Å². The van der Waals surface area contributed by atoms with Crippen LogP contribution < -0.4 is 0 Å². The van der Waals surface area contributed by atoms with Crippen LogP contribution in [-0.4, -0.2) is 42.3 Å². The van der Waals surface area contributed by atoms with Gasteiger partial charge in [-0.2, -0.15) is 0 Å². The Balaban J connectivity index is 2.51. The van der Waals surface area contributed by atoms with E-state index in [2.05, 4.69) is 6.92 Å². The van der Waals surface area contributed by atoms with Crippen molar-refractivity contribution in [1.82, 2.24) is 4.90 Å². The zero-order valence-electron chi connectivity index (χ0n) is 15.3. The fourth-order valence-electron chi connectivity index (χ4n) is 2.78. The Kier molecular flexibility index (Phi) is 7.10. The van der Waals surface area contributed by atoms with E-state index in [1.54, 1.807) is 18.7 Å². The zero-order valence-corrected chi connectivity index (χ0v) is 15.3. The Bertz CT molecular complexity index is 442. The molecule has 1 atom stereocenters. The molecular formula is C18H31NO4. The number of ether oxygens (including phenoxy) is 2. The SMILES string of the molecule is CCOC(=O)C(C)=CC(C)C1CCN(C(=O)OC(C)(C)C)CC1. The molecule has 0 aliphatic carbocycles. The molecule has 1 unspecified atom stereocenters. The number of carbonyl (C=O) groups excluding carboxylic acids is 2. The molecule has 0 bridgehead atoms. The first-order chi connectivity index (χ1) is 10.6. The van der Waals surface area contributed by atoms with Crippen molar-refractivity contribution < 1.29 is 19.1 Å². The van der Waals surface area contributed by atoms with Gasteiger partial charge in [-0.25, -0.2) is 9.59 Å². The number of carbonyl (C=O) groups is 2. The van der Waals surface area contributed by atoms with Crippen LogP contribution in [0.2, 0.25) is 0 Å². The Labute approximate surface area is 140 Å². The van der Waals surface area contributed by atoms with Crippen molar-refractivity contribution in [3.63, 3.8) is 0 Å². The number of esters is 1. The predicted molar refractivity (Wildman–Crippen MR) is 90.1 cm³/mol. The van der Waals surface area contributed by atoms with E-state index in [9.17, 15) is 9.59 Å². The molecule has 0 radical (unpaired) electrons. The quantitative estimate of drug-likeness (QED) is 0.583. The fraction of sp³-hybridized carbons (Fsp3) is 0.778. The first kappa shape index (κ1) is 19.5. The van der Waals surface area contributed by atoms with Crippen molar-refractivity contribution in [2.45, 2.75) is 60.0 Å². The molecule has 1 amide bonds. The molecule has 1 saturated heterocycles. The maximum atomic E-state index is 12.1. The van der Waals surface area contributed by atoms with Gasteiger partial charge in [-0.05, 0) is 59.3 Å². The van der Waals surface area contributed by atoms with Gasteiger partial charge in [0.05, 0.1) is 6.61 Å². The lowest BCUT2D eigenvalue weighted by Gasteiger charge is -2.35. The first-order valence-corrected chi connectivity index (χ1v) is 8.47. The normalized spacial score (nSPS) is 18.5. The molecule has 0 saturated carbocycles. The molecule has 0 aromatic heterocycles. The molecule has 1 fully saturated rings. The number of hydrogen-bond donors (Lipinski definition) is 0. The monoisotopic (exact) mass is 325 g/mol. The molecule has 0 N–H and O–H groups in total. The van der Waals surface area contributed by atoms with E-state index in [1.807, 2.05) is 26.8 Å². The van der Waals surface area contributed by atoms with Crippen molar-refractivity contribution in [3.05, 3.63) is 11.6 Å². The third-order valence-corrected chi connectivity index (χ3v) is 4.05. The van der Waals surface area contributed by atoms with Crippen molar-refractivity contribution >= 4 is 12.1 Å². The van der Waals surface area contributed by atoms with Crippen molar-refractivity contribution in [2.75, 3.05) is 19.7 Å². The molecule has 0 aromatic rings. The average molecular weight is 325 g/mol. The Morgan fingerprint density at radius 2 is 1.83 bits per heavy atom. The molecule has 5 nitrogen and oxygen atoms in total. The van der Waals surface area contributed by atoms with Gasteiger partial charge in [-0.15, -0.1) is 0 Å². The number of allylic oxidation sites excluding steroid dienone is 1. The summed E-state index contributed by atoms with van der Waals surface area (Å²) in [5.74, 6) is 0.517. The molecule has 23 heavy (non-hydrogen) atoms. The van der Waals surface area contributed by atoms with E-state index >= 15 is 0 Å². The van der Waals surface area contributed by atoms with Crippen LogP contribution in [0.3, 0.4) is 0 Å².